The van der Waals surface area contributed by atoms with Gasteiger partial charge in [0.05, 0.1) is 11.5 Å². The monoisotopic (exact) mass is 237 g/mol. The highest BCUT2D eigenvalue weighted by molar-refractivity contribution is 4.91. The number of nitrogens with zero attached hydrogens (tertiary/aromatic N) is 3. The third kappa shape index (κ3) is 4.29. The molecule has 3 nitrogen and oxygen atoms in total. The molecule has 0 aromatic heterocycles. The first-order valence-electron chi connectivity index (χ1n) is 6.71. The van der Waals surface area contributed by atoms with Gasteiger partial charge in [-0.3, -0.25) is 4.90 Å². The summed E-state index contributed by atoms with van der Waals surface area (Å²) in [4.78, 5) is 5.00. The number of likely N-dealkylation sites (N-methyl/N-ethyl adjacent to an activating group) is 1. The number of piperazine rings is 1. The summed E-state index contributed by atoms with van der Waals surface area (Å²) in [5.74, 6) is 0. The summed E-state index contributed by atoms with van der Waals surface area (Å²) in [5, 5.41) is 8.98. The second kappa shape index (κ2) is 5.84. The summed E-state index contributed by atoms with van der Waals surface area (Å²) < 4.78 is 0. The largest absolute Gasteiger partial charge is 0.300 e. The summed E-state index contributed by atoms with van der Waals surface area (Å²) >= 11 is 0. The summed E-state index contributed by atoms with van der Waals surface area (Å²) in [5.41, 5.74) is -0.163. The van der Waals surface area contributed by atoms with Crippen LogP contribution in [0.1, 0.15) is 40.5 Å². The summed E-state index contributed by atoms with van der Waals surface area (Å²) in [6.45, 7) is 12.1. The van der Waals surface area contributed by atoms with E-state index < -0.39 is 0 Å². The van der Waals surface area contributed by atoms with E-state index >= 15 is 0 Å². The van der Waals surface area contributed by atoms with Gasteiger partial charge in [0.25, 0.3) is 0 Å². The predicted molar refractivity (Wildman–Crippen MR) is 71.8 cm³/mol. The number of nitriles is 1. The average molecular weight is 237 g/mol. The van der Waals surface area contributed by atoms with Crippen LogP contribution < -0.4 is 0 Å². The van der Waals surface area contributed by atoms with Crippen molar-refractivity contribution in [3.8, 4) is 6.07 Å². The van der Waals surface area contributed by atoms with Crippen molar-refractivity contribution >= 4 is 0 Å². The quantitative estimate of drug-likeness (QED) is 0.752. The Kier molecular flexibility index (Phi) is 4.97. The molecule has 0 aromatic carbocycles. The van der Waals surface area contributed by atoms with Crippen LogP contribution in [0.2, 0.25) is 0 Å². The fourth-order valence-electron chi connectivity index (χ4n) is 2.50. The van der Waals surface area contributed by atoms with Crippen molar-refractivity contribution in [2.45, 2.75) is 52.6 Å². The van der Waals surface area contributed by atoms with E-state index in [9.17, 15) is 0 Å². The molecule has 2 atom stereocenters. The van der Waals surface area contributed by atoms with E-state index in [0.717, 1.165) is 32.5 Å². The van der Waals surface area contributed by atoms with Crippen molar-refractivity contribution in [3.05, 3.63) is 0 Å². The van der Waals surface area contributed by atoms with Gasteiger partial charge in [0, 0.05) is 25.2 Å². The van der Waals surface area contributed by atoms with Crippen molar-refractivity contribution in [2.24, 2.45) is 5.41 Å². The zero-order chi connectivity index (χ0) is 13.1. The zero-order valence-electron chi connectivity index (χ0n) is 12.0. The van der Waals surface area contributed by atoms with Crippen LogP contribution in [0.15, 0.2) is 0 Å². The SMILES string of the molecule is CC1CN(CCCC(C)(C)C#N)CC(C)N1C. The first kappa shape index (κ1) is 14.5. The Morgan fingerprint density at radius 3 is 2.24 bits per heavy atom. The Balaban J connectivity index is 2.32. The van der Waals surface area contributed by atoms with Gasteiger partial charge in [-0.2, -0.15) is 5.26 Å². The molecule has 0 aliphatic carbocycles. The maximum absolute atomic E-state index is 8.98. The van der Waals surface area contributed by atoms with Crippen molar-refractivity contribution in [2.75, 3.05) is 26.7 Å². The lowest BCUT2D eigenvalue weighted by molar-refractivity contribution is 0.0581. The maximum Gasteiger partial charge on any atom is 0.0683 e. The van der Waals surface area contributed by atoms with E-state index in [1.54, 1.807) is 0 Å². The predicted octanol–water partition coefficient (Wildman–Crippen LogP) is 2.34. The van der Waals surface area contributed by atoms with E-state index in [1.165, 1.54) is 0 Å². The normalized spacial score (nSPS) is 28.0. The Labute approximate surface area is 106 Å². The van der Waals surface area contributed by atoms with Crippen LogP contribution >= 0.6 is 0 Å². The summed E-state index contributed by atoms with van der Waals surface area (Å²) in [7, 11) is 2.21. The standard InChI is InChI=1S/C14H27N3/c1-12-9-17(10-13(2)16(12)5)8-6-7-14(3,4)11-15/h12-13H,6-10H2,1-5H3. The molecule has 1 rings (SSSR count). The molecule has 98 valence electrons. The molecule has 1 aliphatic rings. The molecule has 0 radical (unpaired) electrons. The lowest BCUT2D eigenvalue weighted by Gasteiger charge is -2.42. The lowest BCUT2D eigenvalue weighted by Crippen LogP contribution is -2.54. The molecule has 0 spiro atoms. The zero-order valence-corrected chi connectivity index (χ0v) is 12.0. The molecular weight excluding hydrogens is 210 g/mol. The van der Waals surface area contributed by atoms with Gasteiger partial charge in [0.15, 0.2) is 0 Å². The Bertz CT molecular complexity index is 268. The highest BCUT2D eigenvalue weighted by Crippen LogP contribution is 2.21. The van der Waals surface area contributed by atoms with Crippen molar-refractivity contribution in [1.29, 1.82) is 5.26 Å². The van der Waals surface area contributed by atoms with Gasteiger partial charge in [-0.05, 0) is 54.1 Å². The van der Waals surface area contributed by atoms with Crippen LogP contribution in [0.4, 0.5) is 0 Å². The number of hydrogen-bond donors (Lipinski definition) is 0. The highest BCUT2D eigenvalue weighted by atomic mass is 15.3. The molecule has 1 aliphatic heterocycles. The van der Waals surface area contributed by atoms with E-state index in [2.05, 4.69) is 36.8 Å². The van der Waals surface area contributed by atoms with Crippen molar-refractivity contribution in [1.82, 2.24) is 9.80 Å². The second-order valence-corrected chi connectivity index (χ2v) is 6.22. The topological polar surface area (TPSA) is 30.3 Å². The van der Waals surface area contributed by atoms with Crippen LogP contribution in [-0.4, -0.2) is 48.6 Å². The van der Waals surface area contributed by atoms with E-state index in [4.69, 9.17) is 5.26 Å². The van der Waals surface area contributed by atoms with Gasteiger partial charge >= 0.3 is 0 Å². The Morgan fingerprint density at radius 1 is 1.24 bits per heavy atom. The molecule has 17 heavy (non-hydrogen) atoms. The number of rotatable bonds is 4. The van der Waals surface area contributed by atoms with Gasteiger partial charge in [-0.25, -0.2) is 0 Å². The van der Waals surface area contributed by atoms with Crippen LogP contribution in [-0.2, 0) is 0 Å². The minimum Gasteiger partial charge on any atom is -0.300 e. The highest BCUT2D eigenvalue weighted by Gasteiger charge is 2.26. The fraction of sp³-hybridized carbons (Fsp3) is 0.929. The maximum atomic E-state index is 8.98. The minimum atomic E-state index is -0.163. The first-order chi connectivity index (χ1) is 7.85. The van der Waals surface area contributed by atoms with Crippen molar-refractivity contribution in [3.63, 3.8) is 0 Å². The van der Waals surface area contributed by atoms with E-state index in [0.29, 0.717) is 12.1 Å². The second-order valence-electron chi connectivity index (χ2n) is 6.22. The van der Waals surface area contributed by atoms with E-state index in [1.807, 2.05) is 13.8 Å². The van der Waals surface area contributed by atoms with Gasteiger partial charge in [-0.15, -0.1) is 0 Å². The smallest absolute Gasteiger partial charge is 0.0683 e. The molecule has 1 heterocycles. The molecular formula is C14H27N3. The molecule has 2 unspecified atom stereocenters. The Hall–Kier alpha value is -0.590. The average Bonchev–Trinajstić information content (AvgIpc) is 2.25. The molecule has 0 N–H and O–H groups in total. The van der Waals surface area contributed by atoms with Gasteiger partial charge in [-0.1, -0.05) is 0 Å². The molecule has 0 aromatic rings. The third-order valence-corrected chi connectivity index (χ3v) is 4.01. The minimum absolute atomic E-state index is 0.163. The summed E-state index contributed by atoms with van der Waals surface area (Å²) in [6, 6.07) is 3.66. The Morgan fingerprint density at radius 2 is 1.76 bits per heavy atom. The molecule has 3 heteroatoms. The molecule has 1 saturated heterocycles. The molecule has 1 fully saturated rings. The van der Waals surface area contributed by atoms with Gasteiger partial charge in [0.2, 0.25) is 0 Å². The van der Waals surface area contributed by atoms with Crippen LogP contribution in [0.5, 0.6) is 0 Å². The van der Waals surface area contributed by atoms with Crippen LogP contribution in [0, 0.1) is 16.7 Å². The van der Waals surface area contributed by atoms with Crippen molar-refractivity contribution < 1.29 is 0 Å². The van der Waals surface area contributed by atoms with Gasteiger partial charge in [0.1, 0.15) is 0 Å². The van der Waals surface area contributed by atoms with Crippen LogP contribution in [0.25, 0.3) is 0 Å². The fourth-order valence-corrected chi connectivity index (χ4v) is 2.50. The van der Waals surface area contributed by atoms with E-state index in [-0.39, 0.29) is 5.41 Å². The first-order valence-corrected chi connectivity index (χ1v) is 6.71. The van der Waals surface area contributed by atoms with Crippen LogP contribution in [0.3, 0.4) is 0 Å². The molecule has 0 saturated carbocycles. The van der Waals surface area contributed by atoms with Gasteiger partial charge < -0.3 is 4.90 Å². The molecule has 0 bridgehead atoms. The third-order valence-electron chi connectivity index (χ3n) is 4.01. The summed E-state index contributed by atoms with van der Waals surface area (Å²) in [6.07, 6.45) is 2.13. The molecule has 0 amide bonds. The lowest BCUT2D eigenvalue weighted by atomic mass is 9.89. The number of hydrogen-bond acceptors (Lipinski definition) is 3.